The summed E-state index contributed by atoms with van der Waals surface area (Å²) in [6, 6.07) is 8.27. The summed E-state index contributed by atoms with van der Waals surface area (Å²) in [6.07, 6.45) is 5.49. The number of rotatable bonds is 17. The first-order chi connectivity index (χ1) is 22.7. The van der Waals surface area contributed by atoms with E-state index in [1.165, 1.54) is 0 Å². The molecule has 264 valence electrons. The summed E-state index contributed by atoms with van der Waals surface area (Å²) < 4.78 is 12.8. The van der Waals surface area contributed by atoms with Gasteiger partial charge in [0.25, 0.3) is 0 Å². The molecule has 0 aliphatic carbocycles. The molecule has 10 nitrogen and oxygen atoms in total. The molecule has 2 bridgehead atoms. The van der Waals surface area contributed by atoms with Gasteiger partial charge < -0.3 is 29.7 Å². The van der Waals surface area contributed by atoms with Crippen molar-refractivity contribution in [3.05, 3.63) is 61.2 Å². The Morgan fingerprint density at radius 3 is 2.48 bits per heavy atom. The number of benzene rings is 1. The standard InChI is InChI=1S/C38H55N3O7/c1-8-10-18-29(43)39-24-28(26-16-12-11-13-17-26)47-35(46)30-27-19-20-38(48-27)31(30)33(44)40(22-14-15-23-42)32(38)34(45)41(21-9-2)37(6,7)25-36(3,4)5/h8-9,11-13,16-17,27-28,30-32,42H,1-2,10,14-15,18-25H2,3-7H3,(H,39,43)/t27-,28-,30+,31+,32-,38+/m1/s1. The third-order valence-corrected chi connectivity index (χ3v) is 9.87. The first-order valence-electron chi connectivity index (χ1n) is 17.4. The fraction of sp³-hybridized carbons (Fsp3) is 0.632. The molecule has 3 aliphatic heterocycles. The van der Waals surface area contributed by atoms with Crippen molar-refractivity contribution in [2.75, 3.05) is 26.2 Å². The van der Waals surface area contributed by atoms with Gasteiger partial charge in [0.1, 0.15) is 17.7 Å². The maximum absolute atomic E-state index is 14.8. The summed E-state index contributed by atoms with van der Waals surface area (Å²) in [7, 11) is 0. The van der Waals surface area contributed by atoms with Gasteiger partial charge in [0.15, 0.2) is 0 Å². The maximum atomic E-state index is 14.8. The number of likely N-dealkylation sites (tertiary alicyclic amines) is 1. The van der Waals surface area contributed by atoms with Crippen LogP contribution in [0.4, 0.5) is 0 Å². The van der Waals surface area contributed by atoms with Crippen LogP contribution in [0.25, 0.3) is 0 Å². The number of unbranched alkanes of at least 4 members (excludes halogenated alkanes) is 1. The van der Waals surface area contributed by atoms with E-state index >= 15 is 0 Å². The Balaban J connectivity index is 1.66. The van der Waals surface area contributed by atoms with Crippen LogP contribution in [0.15, 0.2) is 55.6 Å². The van der Waals surface area contributed by atoms with Crippen LogP contribution in [-0.4, -0.2) is 88.1 Å². The van der Waals surface area contributed by atoms with Crippen molar-refractivity contribution < 1.29 is 33.8 Å². The van der Waals surface area contributed by atoms with Crippen molar-refractivity contribution in [3.63, 3.8) is 0 Å². The van der Waals surface area contributed by atoms with Crippen LogP contribution in [0.3, 0.4) is 0 Å². The van der Waals surface area contributed by atoms with Crippen LogP contribution >= 0.6 is 0 Å². The number of esters is 1. The molecule has 10 heteroatoms. The summed E-state index contributed by atoms with van der Waals surface area (Å²) in [6.45, 7) is 18.7. The van der Waals surface area contributed by atoms with Crippen LogP contribution in [-0.2, 0) is 28.7 Å². The number of amides is 3. The van der Waals surface area contributed by atoms with Crippen molar-refractivity contribution in [3.8, 4) is 0 Å². The van der Waals surface area contributed by atoms with E-state index in [1.54, 1.807) is 17.1 Å². The van der Waals surface area contributed by atoms with Crippen LogP contribution < -0.4 is 5.32 Å². The van der Waals surface area contributed by atoms with Gasteiger partial charge >= 0.3 is 5.97 Å². The Morgan fingerprint density at radius 1 is 1.15 bits per heavy atom. The average molecular weight is 666 g/mol. The summed E-state index contributed by atoms with van der Waals surface area (Å²) in [5.41, 5.74) is -1.11. The monoisotopic (exact) mass is 665 g/mol. The first kappa shape index (κ1) is 37.3. The van der Waals surface area contributed by atoms with Crippen LogP contribution in [0, 0.1) is 17.3 Å². The molecule has 48 heavy (non-hydrogen) atoms. The summed E-state index contributed by atoms with van der Waals surface area (Å²) in [4.78, 5) is 59.3. The molecule has 4 rings (SSSR count). The van der Waals surface area contributed by atoms with Crippen molar-refractivity contribution in [2.45, 2.75) is 109 Å². The van der Waals surface area contributed by atoms with E-state index in [9.17, 15) is 24.3 Å². The van der Waals surface area contributed by atoms with Gasteiger partial charge in [-0.1, -0.05) is 63.3 Å². The molecule has 0 saturated carbocycles. The summed E-state index contributed by atoms with van der Waals surface area (Å²) >= 11 is 0. The Labute approximate surface area is 285 Å². The number of aliphatic hydroxyl groups excluding tert-OH is 1. The lowest BCUT2D eigenvalue weighted by atomic mass is 9.70. The quantitative estimate of drug-likeness (QED) is 0.140. The largest absolute Gasteiger partial charge is 0.455 e. The molecule has 1 spiro atoms. The van der Waals surface area contributed by atoms with E-state index in [0.29, 0.717) is 50.6 Å². The summed E-state index contributed by atoms with van der Waals surface area (Å²) in [5, 5.41) is 12.4. The minimum Gasteiger partial charge on any atom is -0.455 e. The van der Waals surface area contributed by atoms with Crippen LogP contribution in [0.5, 0.6) is 0 Å². The first-order valence-corrected chi connectivity index (χ1v) is 17.4. The molecule has 3 aliphatic rings. The number of hydrogen-bond acceptors (Lipinski definition) is 7. The van der Waals surface area contributed by atoms with Gasteiger partial charge in [-0.3, -0.25) is 19.2 Å². The van der Waals surface area contributed by atoms with Gasteiger partial charge in [0.05, 0.1) is 24.5 Å². The minimum atomic E-state index is -1.18. The van der Waals surface area contributed by atoms with Crippen molar-refractivity contribution in [2.24, 2.45) is 17.3 Å². The van der Waals surface area contributed by atoms with Gasteiger partial charge in [-0.05, 0) is 63.4 Å². The molecule has 3 amide bonds. The zero-order valence-electron chi connectivity index (χ0n) is 29.4. The molecule has 3 heterocycles. The number of allylic oxidation sites excluding steroid dienone is 1. The van der Waals surface area contributed by atoms with Gasteiger partial charge in [0.2, 0.25) is 17.7 Å². The molecule has 1 aromatic rings. The zero-order valence-corrected chi connectivity index (χ0v) is 29.4. The molecule has 0 aromatic heterocycles. The topological polar surface area (TPSA) is 125 Å². The smallest absolute Gasteiger partial charge is 0.313 e. The Hall–Kier alpha value is -3.50. The number of ether oxygens (including phenoxy) is 2. The molecule has 2 N–H and O–H groups in total. The third kappa shape index (κ3) is 7.86. The fourth-order valence-corrected chi connectivity index (χ4v) is 8.28. The molecule has 0 unspecified atom stereocenters. The SMILES string of the molecule is C=CCCC(=O)NC[C@@H](OC(=O)[C@@H]1[C@H]2C(=O)N(CCCCO)[C@H](C(=O)N(CC=C)C(C)(C)CC(C)(C)C)[C@]23CC[C@H]1O3)c1ccccc1. The average Bonchev–Trinajstić information content (AvgIpc) is 3.67. The highest BCUT2D eigenvalue weighted by Crippen LogP contribution is 2.59. The zero-order chi connectivity index (χ0) is 35.3. The number of carbonyl (C=O) groups is 4. The van der Waals surface area contributed by atoms with Crippen molar-refractivity contribution in [1.29, 1.82) is 0 Å². The fourth-order valence-electron chi connectivity index (χ4n) is 8.28. The van der Waals surface area contributed by atoms with E-state index < -0.39 is 47.2 Å². The van der Waals surface area contributed by atoms with E-state index in [1.807, 2.05) is 49.1 Å². The maximum Gasteiger partial charge on any atom is 0.313 e. The van der Waals surface area contributed by atoms with Gasteiger partial charge in [-0.15, -0.1) is 13.2 Å². The Kier molecular flexibility index (Phi) is 11.9. The van der Waals surface area contributed by atoms with Crippen molar-refractivity contribution >= 4 is 23.7 Å². The molecular weight excluding hydrogens is 610 g/mol. The third-order valence-electron chi connectivity index (χ3n) is 9.87. The van der Waals surface area contributed by atoms with Crippen LogP contribution in [0.2, 0.25) is 0 Å². The molecule has 3 saturated heterocycles. The summed E-state index contributed by atoms with van der Waals surface area (Å²) in [5.74, 6) is -3.06. The number of carbonyl (C=O) groups excluding carboxylic acids is 4. The highest BCUT2D eigenvalue weighted by molar-refractivity contribution is 5.98. The predicted molar refractivity (Wildman–Crippen MR) is 183 cm³/mol. The highest BCUT2D eigenvalue weighted by Gasteiger charge is 2.75. The number of fused-ring (bicyclic) bond motifs is 1. The number of nitrogens with zero attached hydrogens (tertiary/aromatic N) is 2. The number of nitrogens with one attached hydrogen (secondary N) is 1. The van der Waals surface area contributed by atoms with E-state index in [-0.39, 0.29) is 49.3 Å². The lowest BCUT2D eigenvalue weighted by molar-refractivity contribution is -0.160. The molecular formula is C38H55N3O7. The van der Waals surface area contributed by atoms with Crippen LogP contribution in [0.1, 0.15) is 91.2 Å². The van der Waals surface area contributed by atoms with Gasteiger partial charge in [-0.2, -0.15) is 0 Å². The lowest BCUT2D eigenvalue weighted by Gasteiger charge is -2.45. The van der Waals surface area contributed by atoms with Gasteiger partial charge in [0, 0.05) is 31.7 Å². The molecule has 3 fully saturated rings. The molecule has 0 radical (unpaired) electrons. The normalized spacial score (nSPS) is 25.4. The Morgan fingerprint density at radius 2 is 1.85 bits per heavy atom. The highest BCUT2D eigenvalue weighted by atomic mass is 16.6. The second-order valence-electron chi connectivity index (χ2n) is 15.3. The second kappa shape index (κ2) is 15.4. The van der Waals surface area contributed by atoms with E-state index in [4.69, 9.17) is 9.47 Å². The number of hydrogen-bond donors (Lipinski definition) is 2. The minimum absolute atomic E-state index is 0.0328. The molecule has 6 atom stereocenters. The van der Waals surface area contributed by atoms with E-state index in [0.717, 1.165) is 0 Å². The van der Waals surface area contributed by atoms with E-state index in [2.05, 4.69) is 39.2 Å². The second-order valence-corrected chi connectivity index (χ2v) is 15.3. The van der Waals surface area contributed by atoms with Crippen molar-refractivity contribution in [1.82, 2.24) is 15.1 Å². The molecule has 1 aromatic carbocycles. The predicted octanol–water partition coefficient (Wildman–Crippen LogP) is 4.73. The van der Waals surface area contributed by atoms with Gasteiger partial charge in [-0.25, -0.2) is 0 Å². The Bertz CT molecular complexity index is 1340. The lowest BCUT2D eigenvalue weighted by Crippen LogP contribution is -2.61. The number of aliphatic hydroxyl groups is 1.